The maximum atomic E-state index is 12.6. The molecule has 3 heterocycles. The van der Waals surface area contributed by atoms with E-state index in [-0.39, 0.29) is 13.2 Å². The van der Waals surface area contributed by atoms with Crippen LogP contribution in [0.2, 0.25) is 0 Å². The van der Waals surface area contributed by atoms with E-state index < -0.39 is 34.4 Å². The van der Waals surface area contributed by atoms with Gasteiger partial charge in [-0.25, -0.2) is 10.3 Å². The van der Waals surface area contributed by atoms with Gasteiger partial charge in [0.05, 0.1) is 25.0 Å². The molecule has 1 aromatic rings. The Bertz CT molecular complexity index is 824. The molecule has 144 valence electrons. The standard InChI is InChI=1S/C12H18N6O7S/c1-13-3-4-24-15-11(19)10-9-7(5-14-16(9)2)8-6-17(10)12(20)18(8)25-26(21,22)23/h5,8,10,13H,3-4,6H2,1-2H3,(H,15,19)(H,21,22,23)/t8-,10-/m0/s1. The van der Waals surface area contributed by atoms with E-state index in [0.717, 1.165) is 4.90 Å². The van der Waals surface area contributed by atoms with E-state index in [1.165, 1.54) is 10.9 Å². The third kappa shape index (κ3) is 3.24. The molecule has 14 heteroatoms. The topological polar surface area (TPSA) is 155 Å². The van der Waals surface area contributed by atoms with Gasteiger partial charge in [-0.3, -0.25) is 18.9 Å². The lowest BCUT2D eigenvalue weighted by molar-refractivity contribution is -0.138. The predicted octanol–water partition coefficient (Wildman–Crippen LogP) is -1.74. The molecule has 0 spiro atoms. The van der Waals surface area contributed by atoms with Crippen molar-refractivity contribution in [3.8, 4) is 0 Å². The fourth-order valence-corrected chi connectivity index (χ4v) is 3.39. The van der Waals surface area contributed by atoms with Crippen LogP contribution in [-0.2, 0) is 31.4 Å². The second-order valence-electron chi connectivity index (χ2n) is 5.71. The van der Waals surface area contributed by atoms with Gasteiger partial charge in [-0.15, -0.1) is 4.28 Å². The molecule has 0 aliphatic carbocycles. The summed E-state index contributed by atoms with van der Waals surface area (Å²) in [6.45, 7) is 0.700. The molecular weight excluding hydrogens is 372 g/mol. The summed E-state index contributed by atoms with van der Waals surface area (Å²) in [5.74, 6) is -0.619. The summed E-state index contributed by atoms with van der Waals surface area (Å²) in [5, 5.41) is 7.43. The first kappa shape index (κ1) is 18.5. The molecule has 0 aromatic carbocycles. The highest BCUT2D eigenvalue weighted by Crippen LogP contribution is 2.43. The number of nitrogens with one attached hydrogen (secondary N) is 2. The minimum Gasteiger partial charge on any atom is -0.317 e. The van der Waals surface area contributed by atoms with Gasteiger partial charge in [-0.1, -0.05) is 0 Å². The fourth-order valence-electron chi connectivity index (χ4n) is 3.02. The number of aromatic nitrogens is 2. The van der Waals surface area contributed by atoms with E-state index in [1.807, 2.05) is 0 Å². The Hall–Kier alpha value is -2.26. The quantitative estimate of drug-likeness (QED) is 0.279. The Morgan fingerprint density at radius 1 is 1.50 bits per heavy atom. The van der Waals surface area contributed by atoms with Crippen molar-refractivity contribution in [1.82, 2.24) is 30.5 Å². The third-order valence-corrected chi connectivity index (χ3v) is 4.43. The van der Waals surface area contributed by atoms with Crippen molar-refractivity contribution in [3.63, 3.8) is 0 Å². The number of carbonyl (C=O) groups excluding carboxylic acids is 2. The van der Waals surface area contributed by atoms with Crippen LogP contribution in [0.15, 0.2) is 6.20 Å². The molecule has 1 saturated heterocycles. The van der Waals surface area contributed by atoms with Crippen LogP contribution in [-0.4, -0.2) is 71.4 Å². The predicted molar refractivity (Wildman–Crippen MR) is 83.3 cm³/mol. The first-order valence-electron chi connectivity index (χ1n) is 7.59. The normalized spacial score (nSPS) is 21.9. The van der Waals surface area contributed by atoms with Crippen molar-refractivity contribution in [1.29, 1.82) is 0 Å². The Kier molecular flexibility index (Phi) is 4.85. The molecule has 0 saturated carbocycles. The minimum atomic E-state index is -4.91. The molecule has 1 aromatic heterocycles. The Labute approximate surface area is 148 Å². The van der Waals surface area contributed by atoms with Crippen LogP contribution in [0.5, 0.6) is 0 Å². The number of hydroxylamine groups is 3. The van der Waals surface area contributed by atoms with E-state index in [4.69, 9.17) is 9.39 Å². The van der Waals surface area contributed by atoms with Crippen molar-refractivity contribution < 1.29 is 31.7 Å². The first-order valence-corrected chi connectivity index (χ1v) is 8.96. The Morgan fingerprint density at radius 2 is 2.23 bits per heavy atom. The van der Waals surface area contributed by atoms with Gasteiger partial charge in [0, 0.05) is 19.2 Å². The molecule has 3 amide bonds. The Morgan fingerprint density at radius 3 is 2.88 bits per heavy atom. The third-order valence-electron chi connectivity index (χ3n) is 4.08. The van der Waals surface area contributed by atoms with Crippen LogP contribution in [0, 0.1) is 0 Å². The SMILES string of the molecule is CNCCONC(=O)[C@@H]1c2c(cnn2C)[C@@H]2CN1C(=O)N2OS(=O)(=O)O. The van der Waals surface area contributed by atoms with E-state index >= 15 is 0 Å². The lowest BCUT2D eigenvalue weighted by atomic mass is 9.98. The van der Waals surface area contributed by atoms with Crippen LogP contribution < -0.4 is 10.8 Å². The van der Waals surface area contributed by atoms with Crippen LogP contribution in [0.25, 0.3) is 0 Å². The maximum Gasteiger partial charge on any atom is 0.418 e. The molecule has 1 fully saturated rings. The summed E-state index contributed by atoms with van der Waals surface area (Å²) in [6, 6.07) is -2.80. The second-order valence-corrected chi connectivity index (χ2v) is 6.71. The zero-order valence-corrected chi connectivity index (χ0v) is 14.8. The first-order chi connectivity index (χ1) is 12.2. The summed E-state index contributed by atoms with van der Waals surface area (Å²) in [6.07, 6.45) is 1.42. The largest absolute Gasteiger partial charge is 0.418 e. The number of urea groups is 1. The van der Waals surface area contributed by atoms with Gasteiger partial charge >= 0.3 is 16.4 Å². The van der Waals surface area contributed by atoms with Gasteiger partial charge in [0.15, 0.2) is 6.04 Å². The van der Waals surface area contributed by atoms with Gasteiger partial charge in [0.25, 0.3) is 5.91 Å². The second kappa shape index (κ2) is 6.81. The van der Waals surface area contributed by atoms with Gasteiger partial charge in [-0.2, -0.15) is 18.6 Å². The van der Waals surface area contributed by atoms with Crippen LogP contribution >= 0.6 is 0 Å². The fraction of sp³-hybridized carbons (Fsp3) is 0.583. The monoisotopic (exact) mass is 390 g/mol. The Balaban J connectivity index is 1.90. The van der Waals surface area contributed by atoms with Crippen LogP contribution in [0.1, 0.15) is 23.3 Å². The van der Waals surface area contributed by atoms with Crippen molar-refractivity contribution in [2.24, 2.45) is 7.05 Å². The number of likely N-dealkylation sites (N-methyl/N-ethyl adjacent to an activating group) is 1. The molecule has 2 atom stereocenters. The zero-order valence-electron chi connectivity index (χ0n) is 13.9. The highest BCUT2D eigenvalue weighted by atomic mass is 32.3. The van der Waals surface area contributed by atoms with Crippen molar-refractivity contribution in [3.05, 3.63) is 17.5 Å². The number of fused-ring (bicyclic) bond motifs is 4. The number of nitrogens with zero attached hydrogens (tertiary/aromatic N) is 4. The zero-order chi connectivity index (χ0) is 19.1. The maximum absolute atomic E-state index is 12.6. The lowest BCUT2D eigenvalue weighted by Crippen LogP contribution is -2.44. The number of aryl methyl sites for hydroxylation is 1. The van der Waals surface area contributed by atoms with Gasteiger partial charge in [-0.05, 0) is 7.05 Å². The van der Waals surface area contributed by atoms with Crippen molar-refractivity contribution >= 4 is 22.3 Å². The van der Waals surface area contributed by atoms with E-state index in [0.29, 0.717) is 22.9 Å². The molecular formula is C12H18N6O7S. The van der Waals surface area contributed by atoms with Crippen molar-refractivity contribution in [2.45, 2.75) is 12.1 Å². The molecule has 2 aliphatic heterocycles. The smallest absolute Gasteiger partial charge is 0.317 e. The van der Waals surface area contributed by atoms with Crippen LogP contribution in [0.3, 0.4) is 0 Å². The van der Waals surface area contributed by atoms with Crippen molar-refractivity contribution in [2.75, 3.05) is 26.7 Å². The summed E-state index contributed by atoms with van der Waals surface area (Å²) >= 11 is 0. The molecule has 3 N–H and O–H groups in total. The summed E-state index contributed by atoms with van der Waals surface area (Å²) in [7, 11) is -1.60. The summed E-state index contributed by atoms with van der Waals surface area (Å²) < 4.78 is 36.8. The van der Waals surface area contributed by atoms with E-state index in [1.54, 1.807) is 14.1 Å². The number of carbonyl (C=O) groups is 2. The lowest BCUT2D eigenvalue weighted by Gasteiger charge is -2.29. The molecule has 3 rings (SSSR count). The summed E-state index contributed by atoms with van der Waals surface area (Å²) in [5.41, 5.74) is 3.10. The molecule has 13 nitrogen and oxygen atoms in total. The number of hydrogen-bond donors (Lipinski definition) is 3. The number of hydrogen-bond acceptors (Lipinski definition) is 8. The summed E-state index contributed by atoms with van der Waals surface area (Å²) in [4.78, 5) is 31.3. The average Bonchev–Trinajstić information content (AvgIpc) is 3.06. The number of amides is 3. The highest BCUT2D eigenvalue weighted by Gasteiger charge is 2.53. The molecule has 26 heavy (non-hydrogen) atoms. The molecule has 2 bridgehead atoms. The van der Waals surface area contributed by atoms with Gasteiger partial charge in [0.1, 0.15) is 6.04 Å². The van der Waals surface area contributed by atoms with E-state index in [2.05, 4.69) is 20.2 Å². The van der Waals surface area contributed by atoms with Gasteiger partial charge < -0.3 is 10.2 Å². The van der Waals surface area contributed by atoms with E-state index in [9.17, 15) is 18.0 Å². The molecule has 2 aliphatic rings. The number of rotatable bonds is 7. The average molecular weight is 390 g/mol. The minimum absolute atomic E-state index is 0.0123. The molecule has 0 radical (unpaired) electrons. The van der Waals surface area contributed by atoms with Gasteiger partial charge in [0.2, 0.25) is 0 Å². The highest BCUT2D eigenvalue weighted by molar-refractivity contribution is 7.80. The molecule has 0 unspecified atom stereocenters. The van der Waals surface area contributed by atoms with Crippen LogP contribution in [0.4, 0.5) is 4.79 Å².